The second-order valence-corrected chi connectivity index (χ2v) is 4.03. The number of amides is 1. The fraction of sp³-hybridized carbons (Fsp3) is 0.818. The van der Waals surface area contributed by atoms with Crippen molar-refractivity contribution < 1.29 is 14.3 Å². The highest BCUT2D eigenvalue weighted by atomic mass is 16.5. The average Bonchev–Trinajstić information content (AvgIpc) is 2.27. The molecule has 0 aliphatic heterocycles. The van der Waals surface area contributed by atoms with Crippen LogP contribution in [0.3, 0.4) is 0 Å². The zero-order valence-electron chi connectivity index (χ0n) is 10.9. The number of rotatable bonds is 8. The zero-order chi connectivity index (χ0) is 13.3. The van der Waals surface area contributed by atoms with Gasteiger partial charge in [-0.15, -0.1) is 0 Å². The summed E-state index contributed by atoms with van der Waals surface area (Å²) in [5, 5.41) is 2.61. The lowest BCUT2D eigenvalue weighted by molar-refractivity contribution is -0.147. The highest BCUT2D eigenvalue weighted by molar-refractivity contribution is 6.01. The maximum Gasteiger partial charge on any atom is 0.332 e. The van der Waals surface area contributed by atoms with Crippen LogP contribution in [0.4, 0.5) is 0 Å². The third kappa shape index (κ3) is 7.70. The third-order valence-electron chi connectivity index (χ3n) is 2.15. The van der Waals surface area contributed by atoms with Crippen LogP contribution < -0.4 is 11.1 Å². The third-order valence-corrected chi connectivity index (χ3v) is 2.15. The predicted octanol–water partition coefficient (Wildman–Crippen LogP) is -0.665. The van der Waals surface area contributed by atoms with Gasteiger partial charge in [0.2, 0.25) is 5.91 Å². The molecule has 0 saturated carbocycles. The van der Waals surface area contributed by atoms with Gasteiger partial charge in [-0.25, -0.2) is 4.79 Å². The normalized spacial score (nSPS) is 12.3. The predicted molar refractivity (Wildman–Crippen MR) is 65.4 cm³/mol. The summed E-state index contributed by atoms with van der Waals surface area (Å²) in [4.78, 5) is 24.6. The quantitative estimate of drug-likeness (QED) is 0.337. The SMILES string of the molecule is CCOC(=O)C(N)C(=O)NCCCCN(C)C. The Bertz CT molecular complexity index is 244. The second-order valence-electron chi connectivity index (χ2n) is 4.03. The van der Waals surface area contributed by atoms with Gasteiger partial charge in [-0.2, -0.15) is 0 Å². The van der Waals surface area contributed by atoms with Gasteiger partial charge in [-0.3, -0.25) is 4.79 Å². The Kier molecular flexibility index (Phi) is 8.35. The molecule has 0 aliphatic rings. The van der Waals surface area contributed by atoms with Gasteiger partial charge in [-0.05, 0) is 40.4 Å². The number of carbonyl (C=O) groups is 2. The molecular formula is C11H23N3O3. The van der Waals surface area contributed by atoms with Crippen molar-refractivity contribution >= 4 is 11.9 Å². The lowest BCUT2D eigenvalue weighted by Gasteiger charge is -2.12. The molecule has 1 unspecified atom stereocenters. The van der Waals surface area contributed by atoms with E-state index >= 15 is 0 Å². The monoisotopic (exact) mass is 245 g/mol. The standard InChI is InChI=1S/C11H23N3O3/c1-4-17-11(16)9(12)10(15)13-7-5-6-8-14(2)3/h9H,4-8,12H2,1-3H3,(H,13,15). The first-order chi connectivity index (χ1) is 7.99. The lowest BCUT2D eigenvalue weighted by atomic mass is 10.2. The first kappa shape index (κ1) is 15.9. The van der Waals surface area contributed by atoms with Crippen molar-refractivity contribution in [3.8, 4) is 0 Å². The Hall–Kier alpha value is -1.14. The summed E-state index contributed by atoms with van der Waals surface area (Å²) in [6.45, 7) is 3.39. The number of hydrogen-bond donors (Lipinski definition) is 2. The van der Waals surface area contributed by atoms with Gasteiger partial charge in [0.05, 0.1) is 6.61 Å². The number of nitrogens with two attached hydrogens (primary N) is 1. The van der Waals surface area contributed by atoms with Gasteiger partial charge < -0.3 is 20.7 Å². The number of hydrogen-bond acceptors (Lipinski definition) is 5. The van der Waals surface area contributed by atoms with Crippen molar-refractivity contribution in [1.29, 1.82) is 0 Å². The number of carbonyl (C=O) groups excluding carboxylic acids is 2. The molecule has 0 aliphatic carbocycles. The number of ether oxygens (including phenoxy) is 1. The van der Waals surface area contributed by atoms with Gasteiger partial charge in [-0.1, -0.05) is 0 Å². The minimum atomic E-state index is -1.22. The molecule has 3 N–H and O–H groups in total. The molecule has 1 atom stereocenters. The number of esters is 1. The van der Waals surface area contributed by atoms with Crippen molar-refractivity contribution in [3.63, 3.8) is 0 Å². The number of nitrogens with one attached hydrogen (secondary N) is 1. The van der Waals surface area contributed by atoms with E-state index in [0.717, 1.165) is 19.4 Å². The molecule has 17 heavy (non-hydrogen) atoms. The summed E-state index contributed by atoms with van der Waals surface area (Å²) in [7, 11) is 3.99. The topological polar surface area (TPSA) is 84.7 Å². The Morgan fingerprint density at radius 2 is 2.00 bits per heavy atom. The Labute approximate surface area is 102 Å². The molecule has 0 bridgehead atoms. The zero-order valence-corrected chi connectivity index (χ0v) is 10.9. The minimum Gasteiger partial charge on any atom is -0.464 e. The maximum atomic E-state index is 11.4. The average molecular weight is 245 g/mol. The van der Waals surface area contributed by atoms with Crippen LogP contribution in [0.1, 0.15) is 19.8 Å². The molecule has 0 spiro atoms. The van der Waals surface area contributed by atoms with Crippen LogP contribution in [0.25, 0.3) is 0 Å². The molecule has 0 aromatic carbocycles. The lowest BCUT2D eigenvalue weighted by Crippen LogP contribution is -2.47. The van der Waals surface area contributed by atoms with Gasteiger partial charge in [0, 0.05) is 6.54 Å². The van der Waals surface area contributed by atoms with Crippen LogP contribution >= 0.6 is 0 Å². The van der Waals surface area contributed by atoms with E-state index in [9.17, 15) is 9.59 Å². The highest BCUT2D eigenvalue weighted by Gasteiger charge is 2.22. The van der Waals surface area contributed by atoms with Crippen molar-refractivity contribution in [3.05, 3.63) is 0 Å². The van der Waals surface area contributed by atoms with Gasteiger partial charge in [0.15, 0.2) is 6.04 Å². The molecule has 6 nitrogen and oxygen atoms in total. The first-order valence-electron chi connectivity index (χ1n) is 5.83. The van der Waals surface area contributed by atoms with Crippen molar-refractivity contribution in [1.82, 2.24) is 10.2 Å². The van der Waals surface area contributed by atoms with E-state index in [1.807, 2.05) is 14.1 Å². The summed E-state index contributed by atoms with van der Waals surface area (Å²) in [6.07, 6.45) is 1.85. The Balaban J connectivity index is 3.67. The molecule has 0 radical (unpaired) electrons. The summed E-state index contributed by atoms with van der Waals surface area (Å²) in [5.41, 5.74) is 5.41. The van der Waals surface area contributed by atoms with Crippen molar-refractivity contribution in [2.45, 2.75) is 25.8 Å². The molecule has 0 fully saturated rings. The van der Waals surface area contributed by atoms with E-state index in [1.165, 1.54) is 0 Å². The Morgan fingerprint density at radius 1 is 1.35 bits per heavy atom. The highest BCUT2D eigenvalue weighted by Crippen LogP contribution is 1.90. The minimum absolute atomic E-state index is 0.225. The molecule has 1 amide bonds. The molecular weight excluding hydrogens is 222 g/mol. The van der Waals surface area contributed by atoms with Crippen LogP contribution in [0.2, 0.25) is 0 Å². The number of unbranched alkanes of at least 4 members (excludes halogenated alkanes) is 1. The smallest absolute Gasteiger partial charge is 0.332 e. The van der Waals surface area contributed by atoms with E-state index in [2.05, 4.69) is 15.0 Å². The maximum absolute atomic E-state index is 11.4. The molecule has 0 aromatic rings. The van der Waals surface area contributed by atoms with Crippen LogP contribution in [0.15, 0.2) is 0 Å². The second kappa shape index (κ2) is 8.95. The molecule has 0 saturated heterocycles. The van der Waals surface area contributed by atoms with Gasteiger partial charge in [0.25, 0.3) is 0 Å². The molecule has 6 heteroatoms. The molecule has 100 valence electrons. The van der Waals surface area contributed by atoms with Gasteiger partial charge >= 0.3 is 5.97 Å². The van der Waals surface area contributed by atoms with Crippen molar-refractivity contribution in [2.75, 3.05) is 33.8 Å². The van der Waals surface area contributed by atoms with Crippen molar-refractivity contribution in [2.24, 2.45) is 5.73 Å². The number of nitrogens with zero attached hydrogens (tertiary/aromatic N) is 1. The fourth-order valence-corrected chi connectivity index (χ4v) is 1.21. The molecule has 0 rings (SSSR count). The van der Waals surface area contributed by atoms with Crippen LogP contribution in [0.5, 0.6) is 0 Å². The summed E-state index contributed by atoms with van der Waals surface area (Å²) < 4.78 is 4.65. The van der Waals surface area contributed by atoms with Gasteiger partial charge in [0.1, 0.15) is 0 Å². The largest absolute Gasteiger partial charge is 0.464 e. The van der Waals surface area contributed by atoms with E-state index in [1.54, 1.807) is 6.92 Å². The summed E-state index contributed by atoms with van der Waals surface area (Å²) >= 11 is 0. The van der Waals surface area contributed by atoms with Crippen LogP contribution in [-0.4, -0.2) is 56.6 Å². The van der Waals surface area contributed by atoms with Crippen LogP contribution in [-0.2, 0) is 14.3 Å². The fourth-order valence-electron chi connectivity index (χ4n) is 1.21. The van der Waals surface area contributed by atoms with Crippen LogP contribution in [0, 0.1) is 0 Å². The van der Waals surface area contributed by atoms with E-state index in [4.69, 9.17) is 5.73 Å². The summed E-state index contributed by atoms with van der Waals surface area (Å²) in [6, 6.07) is -1.22. The summed E-state index contributed by atoms with van der Waals surface area (Å²) in [5.74, 6) is -1.16. The van der Waals surface area contributed by atoms with E-state index in [0.29, 0.717) is 6.54 Å². The first-order valence-corrected chi connectivity index (χ1v) is 5.83. The Morgan fingerprint density at radius 3 is 2.53 bits per heavy atom. The molecule has 0 heterocycles. The molecule has 0 aromatic heterocycles. The van der Waals surface area contributed by atoms with E-state index in [-0.39, 0.29) is 6.61 Å². The van der Waals surface area contributed by atoms with E-state index < -0.39 is 17.9 Å².